The zero-order valence-corrected chi connectivity index (χ0v) is 16.9. The van der Waals surface area contributed by atoms with Crippen LogP contribution in [0.25, 0.3) is 11.1 Å². The highest BCUT2D eigenvalue weighted by Gasteiger charge is 2.30. The van der Waals surface area contributed by atoms with Gasteiger partial charge in [0.2, 0.25) is 0 Å². The summed E-state index contributed by atoms with van der Waals surface area (Å²) in [6, 6.07) is 16.0. The summed E-state index contributed by atoms with van der Waals surface area (Å²) in [6.07, 6.45) is -0.156. The Bertz CT molecular complexity index is 870. The van der Waals surface area contributed by atoms with Crippen molar-refractivity contribution in [1.29, 1.82) is 0 Å². The van der Waals surface area contributed by atoms with E-state index in [1.54, 1.807) is 20.8 Å². The van der Waals surface area contributed by atoms with Gasteiger partial charge in [-0.05, 0) is 43.0 Å². The highest BCUT2D eigenvalue weighted by atomic mass is 16.6. The summed E-state index contributed by atoms with van der Waals surface area (Å²) in [5.41, 5.74) is 3.77. The fraction of sp³-hybridized carbons (Fsp3) is 0.348. The van der Waals surface area contributed by atoms with E-state index in [0.29, 0.717) is 6.29 Å². The van der Waals surface area contributed by atoms with Gasteiger partial charge in [-0.15, -0.1) is 0 Å². The molecule has 29 heavy (non-hydrogen) atoms. The van der Waals surface area contributed by atoms with Crippen LogP contribution in [0, 0.1) is 0 Å². The van der Waals surface area contributed by atoms with Gasteiger partial charge in [0.15, 0.2) is 0 Å². The fourth-order valence-corrected chi connectivity index (χ4v) is 3.51. The molecule has 0 aliphatic heterocycles. The topological polar surface area (TPSA) is 72.9 Å². The van der Waals surface area contributed by atoms with Gasteiger partial charge >= 0.3 is 12.1 Å². The first-order valence-electron chi connectivity index (χ1n) is 9.55. The number of rotatable bonds is 6. The van der Waals surface area contributed by atoms with Crippen molar-refractivity contribution in [3.63, 3.8) is 0 Å². The molecule has 0 unspecified atom stereocenters. The number of carbonyl (C=O) groups excluding carboxylic acids is 3. The molecule has 2 aromatic rings. The van der Waals surface area contributed by atoms with E-state index in [-0.39, 0.29) is 25.6 Å². The lowest BCUT2D eigenvalue weighted by molar-refractivity contribution is -0.155. The molecule has 0 atom stereocenters. The van der Waals surface area contributed by atoms with Crippen molar-refractivity contribution in [2.45, 2.75) is 32.3 Å². The van der Waals surface area contributed by atoms with E-state index in [2.05, 4.69) is 12.1 Å². The van der Waals surface area contributed by atoms with Gasteiger partial charge in [-0.25, -0.2) is 4.79 Å². The van der Waals surface area contributed by atoms with E-state index in [0.717, 1.165) is 27.2 Å². The predicted molar refractivity (Wildman–Crippen MR) is 109 cm³/mol. The lowest BCUT2D eigenvalue weighted by atomic mass is 9.98. The molecule has 0 N–H and O–H groups in total. The van der Waals surface area contributed by atoms with Gasteiger partial charge in [0.05, 0.1) is 6.54 Å². The second kappa shape index (κ2) is 8.47. The Labute approximate surface area is 170 Å². The minimum atomic E-state index is -0.718. The molecule has 1 aliphatic carbocycles. The number of aldehydes is 1. The zero-order chi connectivity index (χ0) is 21.0. The Morgan fingerprint density at radius 2 is 1.55 bits per heavy atom. The standard InChI is InChI=1S/C23H25NO5/c1-23(2,3)29-21(26)14-24(12-13-25)22(27)28-15-20-18-10-6-4-8-16(18)17-9-5-7-11-19(17)20/h4-11,13,20H,12,14-15H2,1-3H3. The second-order valence-electron chi connectivity index (χ2n) is 7.94. The largest absolute Gasteiger partial charge is 0.459 e. The maximum atomic E-state index is 12.6. The van der Waals surface area contributed by atoms with Crippen molar-refractivity contribution < 1.29 is 23.9 Å². The van der Waals surface area contributed by atoms with Crippen LogP contribution in [0.3, 0.4) is 0 Å². The van der Waals surface area contributed by atoms with Crippen molar-refractivity contribution in [2.75, 3.05) is 19.7 Å². The summed E-state index contributed by atoms with van der Waals surface area (Å²) in [5.74, 6) is -0.682. The first kappa shape index (κ1) is 20.6. The number of benzene rings is 2. The number of nitrogens with zero attached hydrogens (tertiary/aromatic N) is 1. The van der Waals surface area contributed by atoms with Crippen LogP contribution in [-0.2, 0) is 19.1 Å². The molecule has 0 saturated carbocycles. The van der Waals surface area contributed by atoms with Crippen molar-refractivity contribution in [1.82, 2.24) is 4.90 Å². The molecule has 1 amide bonds. The molecule has 0 heterocycles. The maximum absolute atomic E-state index is 12.6. The first-order valence-corrected chi connectivity index (χ1v) is 9.55. The molecule has 6 nitrogen and oxygen atoms in total. The molecule has 0 spiro atoms. The first-order chi connectivity index (χ1) is 13.8. The Hall–Kier alpha value is -3.15. The lowest BCUT2D eigenvalue weighted by Crippen LogP contribution is -2.40. The van der Waals surface area contributed by atoms with Crippen molar-refractivity contribution in [3.8, 4) is 11.1 Å². The third kappa shape index (κ3) is 4.83. The number of hydrogen-bond acceptors (Lipinski definition) is 5. The summed E-state index contributed by atoms with van der Waals surface area (Å²) >= 11 is 0. The number of fused-ring (bicyclic) bond motifs is 3. The molecular formula is C23H25NO5. The summed E-state index contributed by atoms with van der Waals surface area (Å²) < 4.78 is 10.7. The minimum Gasteiger partial charge on any atom is -0.459 e. The summed E-state index contributed by atoms with van der Waals surface area (Å²) in [4.78, 5) is 36.6. The van der Waals surface area contributed by atoms with Crippen LogP contribution in [0.4, 0.5) is 4.79 Å². The third-order valence-corrected chi connectivity index (χ3v) is 4.63. The zero-order valence-electron chi connectivity index (χ0n) is 16.9. The Kier molecular flexibility index (Phi) is 6.01. The highest BCUT2D eigenvalue weighted by Crippen LogP contribution is 2.44. The van der Waals surface area contributed by atoms with Crippen LogP contribution in [0.1, 0.15) is 37.8 Å². The molecule has 0 fully saturated rings. The van der Waals surface area contributed by atoms with Crippen LogP contribution in [-0.4, -0.2) is 48.5 Å². The summed E-state index contributed by atoms with van der Waals surface area (Å²) in [5, 5.41) is 0. The number of esters is 1. The fourth-order valence-electron chi connectivity index (χ4n) is 3.51. The molecule has 152 valence electrons. The van der Waals surface area contributed by atoms with Crippen LogP contribution in [0.15, 0.2) is 48.5 Å². The number of amides is 1. The van der Waals surface area contributed by atoms with Crippen LogP contribution in [0.2, 0.25) is 0 Å². The number of carbonyl (C=O) groups is 3. The smallest absolute Gasteiger partial charge is 0.410 e. The summed E-state index contributed by atoms with van der Waals surface area (Å²) in [6.45, 7) is 4.76. The molecule has 6 heteroatoms. The van der Waals surface area contributed by atoms with Gasteiger partial charge < -0.3 is 14.3 Å². The van der Waals surface area contributed by atoms with Gasteiger partial charge in [-0.3, -0.25) is 9.69 Å². The van der Waals surface area contributed by atoms with E-state index in [9.17, 15) is 14.4 Å². The number of ether oxygens (including phenoxy) is 2. The van der Waals surface area contributed by atoms with E-state index in [1.165, 1.54) is 0 Å². The van der Waals surface area contributed by atoms with E-state index in [4.69, 9.17) is 9.47 Å². The molecule has 0 aromatic heterocycles. The van der Waals surface area contributed by atoms with Gasteiger partial charge in [-0.1, -0.05) is 48.5 Å². The molecule has 1 aliphatic rings. The third-order valence-electron chi connectivity index (χ3n) is 4.63. The van der Waals surface area contributed by atoms with E-state index in [1.807, 2.05) is 36.4 Å². The Balaban J connectivity index is 1.70. The predicted octanol–water partition coefficient (Wildman–Crippen LogP) is 3.78. The van der Waals surface area contributed by atoms with E-state index >= 15 is 0 Å². The monoisotopic (exact) mass is 395 g/mol. The molecule has 0 bridgehead atoms. The van der Waals surface area contributed by atoms with Crippen LogP contribution < -0.4 is 0 Å². The van der Waals surface area contributed by atoms with E-state index < -0.39 is 17.7 Å². The van der Waals surface area contributed by atoms with Crippen molar-refractivity contribution >= 4 is 18.3 Å². The highest BCUT2D eigenvalue weighted by molar-refractivity contribution is 5.81. The second-order valence-corrected chi connectivity index (χ2v) is 7.94. The Morgan fingerprint density at radius 3 is 2.07 bits per heavy atom. The average molecular weight is 395 g/mol. The van der Waals surface area contributed by atoms with Gasteiger partial charge in [0.1, 0.15) is 25.0 Å². The maximum Gasteiger partial charge on any atom is 0.410 e. The van der Waals surface area contributed by atoms with Crippen LogP contribution >= 0.6 is 0 Å². The van der Waals surface area contributed by atoms with Gasteiger partial charge in [-0.2, -0.15) is 0 Å². The minimum absolute atomic E-state index is 0.0917. The molecule has 0 saturated heterocycles. The van der Waals surface area contributed by atoms with Gasteiger partial charge in [0, 0.05) is 5.92 Å². The van der Waals surface area contributed by atoms with Crippen molar-refractivity contribution in [3.05, 3.63) is 59.7 Å². The SMILES string of the molecule is CC(C)(C)OC(=O)CN(CC=O)C(=O)OCC1c2ccccc2-c2ccccc21. The molecule has 0 radical (unpaired) electrons. The quantitative estimate of drug-likeness (QED) is 0.550. The number of hydrogen-bond donors (Lipinski definition) is 0. The lowest BCUT2D eigenvalue weighted by Gasteiger charge is -2.24. The summed E-state index contributed by atoms with van der Waals surface area (Å²) in [7, 11) is 0. The average Bonchev–Trinajstić information content (AvgIpc) is 2.98. The molecule has 3 rings (SSSR count). The molecular weight excluding hydrogens is 370 g/mol. The molecule has 2 aromatic carbocycles. The normalized spacial score (nSPS) is 12.7. The van der Waals surface area contributed by atoms with Crippen LogP contribution in [0.5, 0.6) is 0 Å². The Morgan fingerprint density at radius 1 is 1.00 bits per heavy atom. The van der Waals surface area contributed by atoms with Gasteiger partial charge in [0.25, 0.3) is 0 Å². The van der Waals surface area contributed by atoms with Crippen molar-refractivity contribution in [2.24, 2.45) is 0 Å².